The van der Waals surface area contributed by atoms with Crippen molar-refractivity contribution in [2.24, 2.45) is 17.8 Å². The lowest BCUT2D eigenvalue weighted by Crippen LogP contribution is -2.32. The molecular formula is C25H31N5O2. The molecule has 0 spiro atoms. The van der Waals surface area contributed by atoms with Gasteiger partial charge in [-0.3, -0.25) is 4.79 Å². The SMILES string of the molecule is CN1CCC(CC2CCC(C(=O)Nc3cc4nc(-c5cnco5)ccc4cn3)CC2)CC1. The van der Waals surface area contributed by atoms with Crippen molar-refractivity contribution in [2.75, 3.05) is 25.5 Å². The van der Waals surface area contributed by atoms with E-state index in [1.807, 2.05) is 18.2 Å². The maximum atomic E-state index is 12.9. The number of anilines is 1. The van der Waals surface area contributed by atoms with Crippen LogP contribution in [0.5, 0.6) is 0 Å². The fourth-order valence-electron chi connectivity index (χ4n) is 5.22. The summed E-state index contributed by atoms with van der Waals surface area (Å²) in [7, 11) is 2.22. The van der Waals surface area contributed by atoms with E-state index in [0.29, 0.717) is 17.3 Å². The van der Waals surface area contributed by atoms with E-state index in [0.717, 1.165) is 48.4 Å². The molecule has 1 aliphatic carbocycles. The summed E-state index contributed by atoms with van der Waals surface area (Å²) in [6, 6.07) is 5.66. The third-order valence-corrected chi connectivity index (χ3v) is 7.23. The van der Waals surface area contributed by atoms with Crippen molar-refractivity contribution < 1.29 is 9.21 Å². The van der Waals surface area contributed by atoms with Crippen LogP contribution in [0, 0.1) is 17.8 Å². The number of fused-ring (bicyclic) bond motifs is 1. The summed E-state index contributed by atoms with van der Waals surface area (Å²) in [4.78, 5) is 28.3. The first kappa shape index (κ1) is 21.1. The normalized spacial score (nSPS) is 22.8. The van der Waals surface area contributed by atoms with Gasteiger partial charge in [-0.1, -0.05) is 0 Å². The van der Waals surface area contributed by atoms with Gasteiger partial charge < -0.3 is 14.6 Å². The summed E-state index contributed by atoms with van der Waals surface area (Å²) >= 11 is 0. The lowest BCUT2D eigenvalue weighted by atomic mass is 9.76. The summed E-state index contributed by atoms with van der Waals surface area (Å²) in [5.41, 5.74) is 1.48. The Bertz CT molecular complexity index is 1050. The van der Waals surface area contributed by atoms with Crippen LogP contribution in [0.15, 0.2) is 41.4 Å². The van der Waals surface area contributed by atoms with Crippen LogP contribution in [0.1, 0.15) is 44.9 Å². The van der Waals surface area contributed by atoms with E-state index in [4.69, 9.17) is 4.42 Å². The molecule has 5 rings (SSSR count). The molecule has 32 heavy (non-hydrogen) atoms. The average molecular weight is 434 g/mol. The number of nitrogens with zero attached hydrogens (tertiary/aromatic N) is 4. The van der Waals surface area contributed by atoms with Gasteiger partial charge in [-0.15, -0.1) is 0 Å². The molecule has 1 N–H and O–H groups in total. The first-order chi connectivity index (χ1) is 15.6. The van der Waals surface area contributed by atoms with Gasteiger partial charge in [0.05, 0.1) is 11.7 Å². The highest BCUT2D eigenvalue weighted by molar-refractivity contribution is 5.93. The molecule has 7 heteroatoms. The number of amides is 1. The Morgan fingerprint density at radius 2 is 1.88 bits per heavy atom. The van der Waals surface area contributed by atoms with Crippen molar-refractivity contribution >= 4 is 22.6 Å². The fourth-order valence-corrected chi connectivity index (χ4v) is 5.22. The van der Waals surface area contributed by atoms with Crippen LogP contribution in [-0.2, 0) is 4.79 Å². The molecule has 2 fully saturated rings. The van der Waals surface area contributed by atoms with E-state index in [-0.39, 0.29) is 11.8 Å². The molecule has 168 valence electrons. The number of piperidine rings is 1. The Morgan fingerprint density at radius 1 is 1.09 bits per heavy atom. The van der Waals surface area contributed by atoms with Gasteiger partial charge in [0.25, 0.3) is 0 Å². The Kier molecular flexibility index (Phi) is 6.17. The fraction of sp³-hybridized carbons (Fsp3) is 0.520. The predicted molar refractivity (Wildman–Crippen MR) is 124 cm³/mol. The molecule has 0 atom stereocenters. The quantitative estimate of drug-likeness (QED) is 0.624. The lowest BCUT2D eigenvalue weighted by Gasteiger charge is -2.34. The lowest BCUT2D eigenvalue weighted by molar-refractivity contribution is -0.121. The number of carbonyl (C=O) groups is 1. The van der Waals surface area contributed by atoms with Crippen molar-refractivity contribution in [2.45, 2.75) is 44.9 Å². The van der Waals surface area contributed by atoms with Crippen molar-refractivity contribution in [3.05, 3.63) is 37.0 Å². The number of oxazole rings is 1. The summed E-state index contributed by atoms with van der Waals surface area (Å²) in [5.74, 6) is 2.99. The molecule has 3 aromatic rings. The Morgan fingerprint density at radius 3 is 2.62 bits per heavy atom. The number of likely N-dealkylation sites (tertiary alicyclic amines) is 1. The number of carbonyl (C=O) groups excluding carboxylic acids is 1. The van der Waals surface area contributed by atoms with Crippen LogP contribution in [0.2, 0.25) is 0 Å². The number of rotatable bonds is 5. The molecule has 1 saturated carbocycles. The van der Waals surface area contributed by atoms with E-state index < -0.39 is 0 Å². The molecule has 0 bridgehead atoms. The maximum absolute atomic E-state index is 12.9. The third kappa shape index (κ3) is 4.83. The van der Waals surface area contributed by atoms with Crippen LogP contribution < -0.4 is 5.32 Å². The van der Waals surface area contributed by atoms with E-state index in [1.165, 1.54) is 38.7 Å². The molecular weight excluding hydrogens is 402 g/mol. The zero-order chi connectivity index (χ0) is 21.9. The average Bonchev–Trinajstić information content (AvgIpc) is 3.36. The third-order valence-electron chi connectivity index (χ3n) is 7.23. The molecule has 1 saturated heterocycles. The second-order valence-electron chi connectivity index (χ2n) is 9.51. The van der Waals surface area contributed by atoms with Crippen molar-refractivity contribution in [1.82, 2.24) is 19.9 Å². The molecule has 3 aromatic heterocycles. The highest BCUT2D eigenvalue weighted by Crippen LogP contribution is 2.35. The summed E-state index contributed by atoms with van der Waals surface area (Å²) in [6.45, 7) is 2.46. The van der Waals surface area contributed by atoms with E-state index in [1.54, 1.807) is 12.4 Å². The van der Waals surface area contributed by atoms with Gasteiger partial charge in [0.1, 0.15) is 11.5 Å². The van der Waals surface area contributed by atoms with Gasteiger partial charge in [0.2, 0.25) is 5.91 Å². The number of pyridine rings is 2. The summed E-state index contributed by atoms with van der Waals surface area (Å²) in [5, 5.41) is 3.95. The zero-order valence-corrected chi connectivity index (χ0v) is 18.7. The van der Waals surface area contributed by atoms with Gasteiger partial charge in [0.15, 0.2) is 12.2 Å². The minimum Gasteiger partial charge on any atom is -0.442 e. The minimum absolute atomic E-state index is 0.0784. The van der Waals surface area contributed by atoms with Crippen LogP contribution in [0.4, 0.5) is 5.82 Å². The van der Waals surface area contributed by atoms with Crippen LogP contribution in [0.25, 0.3) is 22.4 Å². The minimum atomic E-state index is 0.0784. The first-order valence-electron chi connectivity index (χ1n) is 11.8. The van der Waals surface area contributed by atoms with Gasteiger partial charge in [-0.2, -0.15) is 0 Å². The smallest absolute Gasteiger partial charge is 0.228 e. The van der Waals surface area contributed by atoms with Gasteiger partial charge >= 0.3 is 0 Å². The Labute approximate surface area is 188 Å². The Hall–Kier alpha value is -2.80. The zero-order valence-electron chi connectivity index (χ0n) is 18.7. The van der Waals surface area contributed by atoms with Gasteiger partial charge in [-0.05, 0) is 89.1 Å². The van der Waals surface area contributed by atoms with E-state index >= 15 is 0 Å². The number of nitrogens with one attached hydrogen (secondary N) is 1. The van der Waals surface area contributed by atoms with Crippen molar-refractivity contribution in [3.63, 3.8) is 0 Å². The Balaban J connectivity index is 1.17. The molecule has 0 unspecified atom stereocenters. The number of hydrogen-bond acceptors (Lipinski definition) is 6. The molecule has 1 amide bonds. The predicted octanol–water partition coefficient (Wildman–Crippen LogP) is 4.76. The maximum Gasteiger partial charge on any atom is 0.228 e. The number of hydrogen-bond donors (Lipinski definition) is 1. The number of aromatic nitrogens is 3. The largest absolute Gasteiger partial charge is 0.442 e. The monoisotopic (exact) mass is 433 g/mol. The van der Waals surface area contributed by atoms with Crippen molar-refractivity contribution in [1.29, 1.82) is 0 Å². The molecule has 0 radical (unpaired) electrons. The summed E-state index contributed by atoms with van der Waals surface area (Å²) in [6.07, 6.45) is 13.1. The topological polar surface area (TPSA) is 84.2 Å². The highest BCUT2D eigenvalue weighted by atomic mass is 16.3. The summed E-state index contributed by atoms with van der Waals surface area (Å²) < 4.78 is 5.34. The molecule has 2 aliphatic rings. The molecule has 0 aromatic carbocycles. The van der Waals surface area contributed by atoms with Gasteiger partial charge in [-0.25, -0.2) is 15.0 Å². The standard InChI is InChI=1S/C25H31N5O2/c1-30-10-8-18(9-11-30)12-17-2-4-19(5-3-17)25(31)29-24-13-22-20(14-27-24)6-7-21(28-22)23-15-26-16-32-23/h6-7,13-19H,2-5,8-12H2,1H3,(H,27,29,31). The van der Waals surface area contributed by atoms with Gasteiger partial charge in [0, 0.05) is 23.6 Å². The molecule has 1 aliphatic heterocycles. The first-order valence-corrected chi connectivity index (χ1v) is 11.8. The van der Waals surface area contributed by atoms with E-state index in [2.05, 4.69) is 32.2 Å². The molecule has 7 nitrogen and oxygen atoms in total. The van der Waals surface area contributed by atoms with Crippen LogP contribution in [-0.4, -0.2) is 45.9 Å². The second kappa shape index (κ2) is 9.36. The highest BCUT2D eigenvalue weighted by Gasteiger charge is 2.29. The van der Waals surface area contributed by atoms with Crippen LogP contribution >= 0.6 is 0 Å². The van der Waals surface area contributed by atoms with Crippen LogP contribution in [0.3, 0.4) is 0 Å². The van der Waals surface area contributed by atoms with Crippen molar-refractivity contribution in [3.8, 4) is 11.5 Å². The second-order valence-corrected chi connectivity index (χ2v) is 9.51. The molecule has 4 heterocycles. The van der Waals surface area contributed by atoms with E-state index in [9.17, 15) is 4.79 Å².